The standard InChI is InChI=1S/C16H17FN6/c17-9-5-6-12-13(7-9)21-14(20-12)8-19-15-10-3-1-2-4-11(10)22-16(18)23-15/h5-7H,1-4,8H2,(H,20,21)(H3,18,19,22,23). The van der Waals surface area contributed by atoms with Crippen LogP contribution < -0.4 is 11.1 Å². The normalized spacial score (nSPS) is 14.0. The Hall–Kier alpha value is -2.70. The largest absolute Gasteiger partial charge is 0.368 e. The van der Waals surface area contributed by atoms with E-state index >= 15 is 0 Å². The molecule has 6 nitrogen and oxygen atoms in total. The summed E-state index contributed by atoms with van der Waals surface area (Å²) in [5.41, 5.74) is 9.42. The summed E-state index contributed by atoms with van der Waals surface area (Å²) in [6, 6.07) is 4.51. The van der Waals surface area contributed by atoms with Crippen LogP contribution >= 0.6 is 0 Å². The first-order chi connectivity index (χ1) is 11.2. The summed E-state index contributed by atoms with van der Waals surface area (Å²) < 4.78 is 13.2. The predicted molar refractivity (Wildman–Crippen MR) is 86.5 cm³/mol. The van der Waals surface area contributed by atoms with Crippen LogP contribution in [0.5, 0.6) is 0 Å². The van der Waals surface area contributed by atoms with E-state index in [0.29, 0.717) is 18.0 Å². The molecular formula is C16H17FN6. The Balaban J connectivity index is 1.59. The van der Waals surface area contributed by atoms with Crippen molar-refractivity contribution < 1.29 is 4.39 Å². The number of hydrogen-bond acceptors (Lipinski definition) is 5. The van der Waals surface area contributed by atoms with E-state index in [1.165, 1.54) is 12.1 Å². The molecule has 0 fully saturated rings. The number of H-pyrrole nitrogens is 1. The Bertz CT molecular complexity index is 872. The van der Waals surface area contributed by atoms with Crippen molar-refractivity contribution in [1.29, 1.82) is 0 Å². The maximum absolute atomic E-state index is 13.2. The van der Waals surface area contributed by atoms with Crippen LogP contribution in [0.15, 0.2) is 18.2 Å². The number of nitrogen functional groups attached to an aromatic ring is 1. The Labute approximate surface area is 132 Å². The molecule has 0 saturated heterocycles. The summed E-state index contributed by atoms with van der Waals surface area (Å²) >= 11 is 0. The third-order valence-corrected chi connectivity index (χ3v) is 4.12. The molecule has 7 heteroatoms. The predicted octanol–water partition coefficient (Wildman–Crippen LogP) is 2.57. The van der Waals surface area contributed by atoms with Gasteiger partial charge in [0.1, 0.15) is 17.5 Å². The minimum atomic E-state index is -0.279. The number of anilines is 2. The molecule has 0 amide bonds. The molecular weight excluding hydrogens is 295 g/mol. The quantitative estimate of drug-likeness (QED) is 0.691. The third-order valence-electron chi connectivity index (χ3n) is 4.12. The summed E-state index contributed by atoms with van der Waals surface area (Å²) in [6.45, 7) is 0.471. The highest BCUT2D eigenvalue weighted by atomic mass is 19.1. The fourth-order valence-corrected chi connectivity index (χ4v) is 3.05. The Morgan fingerprint density at radius 2 is 2.04 bits per heavy atom. The lowest BCUT2D eigenvalue weighted by Crippen LogP contribution is -2.14. The summed E-state index contributed by atoms with van der Waals surface area (Å²) in [6.07, 6.45) is 4.18. The lowest BCUT2D eigenvalue weighted by atomic mass is 9.96. The first-order valence-electron chi connectivity index (χ1n) is 7.72. The van der Waals surface area contributed by atoms with E-state index in [1.54, 1.807) is 6.07 Å². The summed E-state index contributed by atoms with van der Waals surface area (Å²) in [4.78, 5) is 16.2. The molecule has 118 valence electrons. The summed E-state index contributed by atoms with van der Waals surface area (Å²) in [5, 5.41) is 3.29. The molecule has 1 aliphatic rings. The average molecular weight is 312 g/mol. The summed E-state index contributed by atoms with van der Waals surface area (Å²) in [7, 11) is 0. The number of nitrogens with one attached hydrogen (secondary N) is 2. The van der Waals surface area contributed by atoms with Crippen molar-refractivity contribution in [2.45, 2.75) is 32.2 Å². The van der Waals surface area contributed by atoms with E-state index in [0.717, 1.165) is 54.1 Å². The van der Waals surface area contributed by atoms with E-state index < -0.39 is 0 Å². The minimum Gasteiger partial charge on any atom is -0.368 e. The van der Waals surface area contributed by atoms with E-state index in [4.69, 9.17) is 5.73 Å². The van der Waals surface area contributed by atoms with Crippen LogP contribution in [0.2, 0.25) is 0 Å². The number of nitrogens with two attached hydrogens (primary N) is 1. The molecule has 0 unspecified atom stereocenters. The molecule has 0 bridgehead atoms. The van der Waals surface area contributed by atoms with Gasteiger partial charge in [-0.2, -0.15) is 4.98 Å². The van der Waals surface area contributed by atoms with Crippen LogP contribution in [0, 0.1) is 5.82 Å². The zero-order valence-corrected chi connectivity index (χ0v) is 12.6. The number of benzene rings is 1. The zero-order valence-electron chi connectivity index (χ0n) is 12.6. The van der Waals surface area contributed by atoms with E-state index in [-0.39, 0.29) is 5.82 Å². The second kappa shape index (κ2) is 5.49. The highest BCUT2D eigenvalue weighted by Crippen LogP contribution is 2.26. The van der Waals surface area contributed by atoms with Gasteiger partial charge in [-0.15, -0.1) is 0 Å². The Morgan fingerprint density at radius 1 is 1.17 bits per heavy atom. The number of aromatic nitrogens is 4. The minimum absolute atomic E-state index is 0.279. The van der Waals surface area contributed by atoms with Gasteiger partial charge in [0.15, 0.2) is 0 Å². The van der Waals surface area contributed by atoms with Crippen LogP contribution in [0.1, 0.15) is 29.9 Å². The molecule has 1 aromatic carbocycles. The Morgan fingerprint density at radius 3 is 2.96 bits per heavy atom. The Kier molecular flexibility index (Phi) is 3.33. The van der Waals surface area contributed by atoms with Gasteiger partial charge in [0, 0.05) is 5.56 Å². The van der Waals surface area contributed by atoms with E-state index in [2.05, 4.69) is 25.3 Å². The highest BCUT2D eigenvalue weighted by Gasteiger charge is 2.17. The van der Waals surface area contributed by atoms with Gasteiger partial charge < -0.3 is 16.0 Å². The number of nitrogens with zero attached hydrogens (tertiary/aromatic N) is 3. The lowest BCUT2D eigenvalue weighted by molar-refractivity contribution is 0.629. The fourth-order valence-electron chi connectivity index (χ4n) is 3.05. The van der Waals surface area contributed by atoms with Crippen molar-refractivity contribution in [2.24, 2.45) is 0 Å². The van der Waals surface area contributed by atoms with Crippen LogP contribution in [-0.4, -0.2) is 19.9 Å². The molecule has 4 rings (SSSR count). The van der Waals surface area contributed by atoms with Gasteiger partial charge in [-0.3, -0.25) is 0 Å². The third kappa shape index (κ3) is 2.69. The van der Waals surface area contributed by atoms with Gasteiger partial charge in [-0.25, -0.2) is 14.4 Å². The number of aryl methyl sites for hydroxylation is 1. The number of aromatic amines is 1. The molecule has 2 aromatic heterocycles. The molecule has 1 aliphatic carbocycles. The first-order valence-corrected chi connectivity index (χ1v) is 7.72. The molecule has 0 spiro atoms. The van der Waals surface area contributed by atoms with Gasteiger partial charge in [0.05, 0.1) is 23.3 Å². The highest BCUT2D eigenvalue weighted by molar-refractivity contribution is 5.75. The second-order valence-corrected chi connectivity index (χ2v) is 5.76. The van der Waals surface area contributed by atoms with Crippen LogP contribution in [0.25, 0.3) is 11.0 Å². The van der Waals surface area contributed by atoms with Gasteiger partial charge in [0.25, 0.3) is 0 Å². The molecule has 23 heavy (non-hydrogen) atoms. The van der Waals surface area contributed by atoms with Crippen molar-refractivity contribution in [3.05, 3.63) is 41.1 Å². The van der Waals surface area contributed by atoms with Crippen molar-refractivity contribution >= 4 is 22.8 Å². The lowest BCUT2D eigenvalue weighted by Gasteiger charge is -2.18. The summed E-state index contributed by atoms with van der Waals surface area (Å²) in [5.74, 6) is 1.52. The number of halogens is 1. The first kappa shape index (κ1) is 13.9. The SMILES string of the molecule is Nc1nc2c(c(NCc3nc4ccc(F)cc4[nH]3)n1)CCCC2. The van der Waals surface area contributed by atoms with Gasteiger partial charge in [-0.05, 0) is 43.9 Å². The van der Waals surface area contributed by atoms with Gasteiger partial charge >= 0.3 is 0 Å². The van der Waals surface area contributed by atoms with Crippen LogP contribution in [0.3, 0.4) is 0 Å². The fraction of sp³-hybridized carbons (Fsp3) is 0.312. The van der Waals surface area contributed by atoms with E-state index in [9.17, 15) is 4.39 Å². The molecule has 0 aliphatic heterocycles. The molecule has 3 aromatic rings. The van der Waals surface area contributed by atoms with Crippen molar-refractivity contribution in [3.8, 4) is 0 Å². The monoisotopic (exact) mass is 312 g/mol. The molecule has 2 heterocycles. The molecule has 4 N–H and O–H groups in total. The topological polar surface area (TPSA) is 92.5 Å². The van der Waals surface area contributed by atoms with Crippen molar-refractivity contribution in [2.75, 3.05) is 11.1 Å². The van der Waals surface area contributed by atoms with Crippen LogP contribution in [0.4, 0.5) is 16.2 Å². The van der Waals surface area contributed by atoms with Gasteiger partial charge in [-0.1, -0.05) is 0 Å². The zero-order chi connectivity index (χ0) is 15.8. The maximum Gasteiger partial charge on any atom is 0.222 e. The number of fused-ring (bicyclic) bond motifs is 2. The average Bonchev–Trinajstić information content (AvgIpc) is 2.94. The molecule has 0 saturated carbocycles. The van der Waals surface area contributed by atoms with E-state index in [1.807, 2.05) is 0 Å². The van der Waals surface area contributed by atoms with Crippen LogP contribution in [-0.2, 0) is 19.4 Å². The second-order valence-electron chi connectivity index (χ2n) is 5.76. The van der Waals surface area contributed by atoms with Crippen molar-refractivity contribution in [3.63, 3.8) is 0 Å². The maximum atomic E-state index is 13.2. The number of rotatable bonds is 3. The van der Waals surface area contributed by atoms with Gasteiger partial charge in [0.2, 0.25) is 5.95 Å². The van der Waals surface area contributed by atoms with Crippen molar-refractivity contribution in [1.82, 2.24) is 19.9 Å². The smallest absolute Gasteiger partial charge is 0.222 e. The molecule has 0 radical (unpaired) electrons. The molecule has 0 atom stereocenters. The number of imidazole rings is 1. The number of hydrogen-bond donors (Lipinski definition) is 3.